The molecule has 1 aromatic rings. The summed E-state index contributed by atoms with van der Waals surface area (Å²) < 4.78 is 5.15. The zero-order chi connectivity index (χ0) is 15.9. The minimum Gasteiger partial charge on any atom is -0.444 e. The van der Waals surface area contributed by atoms with Crippen molar-refractivity contribution in [1.29, 1.82) is 5.26 Å². The zero-order valence-corrected chi connectivity index (χ0v) is 12.3. The van der Waals surface area contributed by atoms with Crippen LogP contribution in [-0.2, 0) is 9.53 Å². The van der Waals surface area contributed by atoms with Gasteiger partial charge in [-0.2, -0.15) is 5.26 Å². The van der Waals surface area contributed by atoms with Crippen LogP contribution in [0.2, 0.25) is 0 Å². The fourth-order valence-electron chi connectivity index (χ4n) is 1.60. The average Bonchev–Trinajstić information content (AvgIpc) is 2.41. The Hall–Kier alpha value is -2.55. The maximum Gasteiger partial charge on any atom is 0.408 e. The van der Waals surface area contributed by atoms with Crippen LogP contribution in [0.1, 0.15) is 32.4 Å². The molecule has 0 aliphatic heterocycles. The summed E-state index contributed by atoms with van der Waals surface area (Å²) in [4.78, 5) is 23.9. The van der Waals surface area contributed by atoms with Gasteiger partial charge in [0.05, 0.1) is 6.07 Å². The van der Waals surface area contributed by atoms with Crippen LogP contribution in [0.25, 0.3) is 0 Å². The molecule has 0 radical (unpaired) electrons. The van der Waals surface area contributed by atoms with E-state index in [9.17, 15) is 9.59 Å². The van der Waals surface area contributed by atoms with Gasteiger partial charge < -0.3 is 15.4 Å². The normalized spacial score (nSPS) is 11.9. The monoisotopic (exact) mass is 289 g/mol. The van der Waals surface area contributed by atoms with E-state index in [0.717, 1.165) is 0 Å². The molecule has 1 aromatic carbocycles. The Balaban J connectivity index is 2.85. The van der Waals surface area contributed by atoms with Crippen molar-refractivity contribution in [3.05, 3.63) is 35.9 Å². The molecule has 0 aliphatic rings. The smallest absolute Gasteiger partial charge is 0.408 e. The molecule has 2 N–H and O–H groups in total. The summed E-state index contributed by atoms with van der Waals surface area (Å²) in [6.07, 6.45) is -0.691. The van der Waals surface area contributed by atoms with Crippen molar-refractivity contribution >= 4 is 12.0 Å². The standard InChI is InChI=1S/C15H19N3O3/c1-15(2,3)21-14(20)18-12(13(19)17-10-9-16)11-7-5-4-6-8-11/h4-8,12H,10H2,1-3H3,(H,17,19)(H,18,20)/t12-/m0/s1. The first-order chi connectivity index (χ1) is 9.83. The largest absolute Gasteiger partial charge is 0.444 e. The lowest BCUT2D eigenvalue weighted by atomic mass is 10.1. The SMILES string of the molecule is CC(C)(C)OC(=O)N[C@H](C(=O)NCC#N)c1ccccc1. The quantitative estimate of drug-likeness (QED) is 0.828. The van der Waals surface area contributed by atoms with Gasteiger partial charge in [0, 0.05) is 0 Å². The van der Waals surface area contributed by atoms with Crippen molar-refractivity contribution in [3.8, 4) is 6.07 Å². The minimum absolute atomic E-state index is 0.127. The molecule has 21 heavy (non-hydrogen) atoms. The van der Waals surface area contributed by atoms with E-state index in [4.69, 9.17) is 10.00 Å². The third-order valence-corrected chi connectivity index (χ3v) is 2.40. The van der Waals surface area contributed by atoms with Crippen LogP contribution >= 0.6 is 0 Å². The highest BCUT2D eigenvalue weighted by molar-refractivity contribution is 5.87. The second kappa shape index (κ2) is 7.29. The highest BCUT2D eigenvalue weighted by Gasteiger charge is 2.25. The predicted molar refractivity (Wildman–Crippen MR) is 77.2 cm³/mol. The molecule has 6 heteroatoms. The molecule has 1 rings (SSSR count). The molecule has 0 aliphatic carbocycles. The van der Waals surface area contributed by atoms with Crippen molar-refractivity contribution in [2.24, 2.45) is 0 Å². The molecule has 0 fully saturated rings. The van der Waals surface area contributed by atoms with Crippen LogP contribution in [0.3, 0.4) is 0 Å². The van der Waals surface area contributed by atoms with Crippen molar-refractivity contribution < 1.29 is 14.3 Å². The molecule has 0 saturated heterocycles. The number of nitriles is 1. The first-order valence-electron chi connectivity index (χ1n) is 6.52. The molecule has 1 atom stereocenters. The zero-order valence-electron chi connectivity index (χ0n) is 12.3. The highest BCUT2D eigenvalue weighted by Crippen LogP contribution is 2.14. The van der Waals surface area contributed by atoms with E-state index in [1.54, 1.807) is 51.1 Å². The number of carbonyl (C=O) groups is 2. The highest BCUT2D eigenvalue weighted by atomic mass is 16.6. The van der Waals surface area contributed by atoms with Crippen LogP contribution in [0, 0.1) is 11.3 Å². The van der Waals surface area contributed by atoms with Crippen LogP contribution in [-0.4, -0.2) is 24.1 Å². The lowest BCUT2D eigenvalue weighted by molar-refractivity contribution is -0.123. The van der Waals surface area contributed by atoms with E-state index in [2.05, 4.69) is 10.6 Å². The van der Waals surface area contributed by atoms with Gasteiger partial charge in [-0.05, 0) is 26.3 Å². The second-order valence-electron chi connectivity index (χ2n) is 5.37. The van der Waals surface area contributed by atoms with Gasteiger partial charge in [0.2, 0.25) is 5.91 Å². The Bertz CT molecular complexity index is 529. The topological polar surface area (TPSA) is 91.2 Å². The lowest BCUT2D eigenvalue weighted by Gasteiger charge is -2.23. The van der Waals surface area contributed by atoms with Crippen LogP contribution in [0.5, 0.6) is 0 Å². The first-order valence-corrected chi connectivity index (χ1v) is 6.52. The Morgan fingerprint density at radius 2 is 1.90 bits per heavy atom. The molecule has 0 spiro atoms. The van der Waals surface area contributed by atoms with E-state index in [0.29, 0.717) is 5.56 Å². The summed E-state index contributed by atoms with van der Waals surface area (Å²) in [5.74, 6) is -0.464. The van der Waals surface area contributed by atoms with Crippen molar-refractivity contribution in [1.82, 2.24) is 10.6 Å². The first kappa shape index (κ1) is 16.5. The maximum atomic E-state index is 12.1. The Labute approximate surface area is 124 Å². The van der Waals surface area contributed by atoms with Gasteiger partial charge in [0.1, 0.15) is 18.2 Å². The van der Waals surface area contributed by atoms with Gasteiger partial charge >= 0.3 is 6.09 Å². The number of ether oxygens (including phenoxy) is 1. The third-order valence-electron chi connectivity index (χ3n) is 2.40. The number of amides is 2. The Kier molecular flexibility index (Phi) is 5.73. The van der Waals surface area contributed by atoms with E-state index in [-0.39, 0.29) is 6.54 Å². The van der Waals surface area contributed by atoms with Crippen molar-refractivity contribution in [2.45, 2.75) is 32.4 Å². The van der Waals surface area contributed by atoms with E-state index in [1.165, 1.54) is 0 Å². The van der Waals surface area contributed by atoms with Gasteiger partial charge in [-0.3, -0.25) is 4.79 Å². The fourth-order valence-corrected chi connectivity index (χ4v) is 1.60. The van der Waals surface area contributed by atoms with Gasteiger partial charge in [0.15, 0.2) is 0 Å². The van der Waals surface area contributed by atoms with Gasteiger partial charge in [-0.15, -0.1) is 0 Å². The molecule has 0 heterocycles. The van der Waals surface area contributed by atoms with Gasteiger partial charge in [-0.25, -0.2) is 4.79 Å². The summed E-state index contributed by atoms with van der Waals surface area (Å²) in [5.41, 5.74) is -0.0483. The number of nitrogens with zero attached hydrogens (tertiary/aromatic N) is 1. The van der Waals surface area contributed by atoms with Crippen LogP contribution < -0.4 is 10.6 Å². The van der Waals surface area contributed by atoms with Crippen molar-refractivity contribution in [2.75, 3.05) is 6.54 Å². The fraction of sp³-hybridized carbons (Fsp3) is 0.400. The number of nitrogens with one attached hydrogen (secondary N) is 2. The summed E-state index contributed by atoms with van der Waals surface area (Å²) in [5, 5.41) is 13.5. The Morgan fingerprint density at radius 3 is 2.43 bits per heavy atom. The summed E-state index contributed by atoms with van der Waals surface area (Å²) in [6.45, 7) is 5.08. The number of carbonyl (C=O) groups excluding carboxylic acids is 2. The second-order valence-corrected chi connectivity index (χ2v) is 5.37. The van der Waals surface area contributed by atoms with Crippen LogP contribution in [0.4, 0.5) is 4.79 Å². The number of hydrogen-bond donors (Lipinski definition) is 2. The molecule has 112 valence electrons. The molecule has 0 aromatic heterocycles. The Morgan fingerprint density at radius 1 is 1.29 bits per heavy atom. The predicted octanol–water partition coefficient (Wildman–Crippen LogP) is 1.89. The lowest BCUT2D eigenvalue weighted by Crippen LogP contribution is -2.42. The van der Waals surface area contributed by atoms with E-state index < -0.39 is 23.6 Å². The van der Waals surface area contributed by atoms with Crippen molar-refractivity contribution in [3.63, 3.8) is 0 Å². The van der Waals surface area contributed by atoms with Gasteiger partial charge in [0.25, 0.3) is 0 Å². The molecule has 6 nitrogen and oxygen atoms in total. The average molecular weight is 289 g/mol. The van der Waals surface area contributed by atoms with E-state index >= 15 is 0 Å². The number of hydrogen-bond acceptors (Lipinski definition) is 4. The molecule has 2 amide bonds. The summed E-state index contributed by atoms with van der Waals surface area (Å²) in [7, 11) is 0. The molecular formula is C15H19N3O3. The number of benzene rings is 1. The molecule has 0 saturated carbocycles. The minimum atomic E-state index is -0.908. The van der Waals surface area contributed by atoms with Gasteiger partial charge in [-0.1, -0.05) is 30.3 Å². The van der Waals surface area contributed by atoms with E-state index in [1.807, 2.05) is 6.07 Å². The third kappa shape index (κ3) is 5.95. The summed E-state index contributed by atoms with van der Waals surface area (Å²) >= 11 is 0. The molecule has 0 bridgehead atoms. The summed E-state index contributed by atoms with van der Waals surface area (Å²) in [6, 6.07) is 9.67. The number of alkyl carbamates (subject to hydrolysis) is 1. The molecule has 0 unspecified atom stereocenters. The number of rotatable bonds is 4. The maximum absolute atomic E-state index is 12.1. The van der Waals surface area contributed by atoms with Crippen LogP contribution in [0.15, 0.2) is 30.3 Å². The molecular weight excluding hydrogens is 270 g/mol.